The SMILES string of the molecule is Oc1cccc(C#Cc2ccc(N3CCN(CC4CC4)CC3)nn2)c1. The van der Waals surface area contributed by atoms with Crippen molar-refractivity contribution in [3.05, 3.63) is 47.7 Å². The smallest absolute Gasteiger partial charge is 0.151 e. The highest BCUT2D eigenvalue weighted by molar-refractivity contribution is 5.45. The molecule has 128 valence electrons. The summed E-state index contributed by atoms with van der Waals surface area (Å²) in [4.78, 5) is 4.86. The van der Waals surface area contributed by atoms with Crippen LogP contribution in [0.5, 0.6) is 5.75 Å². The van der Waals surface area contributed by atoms with E-state index in [0.717, 1.165) is 43.5 Å². The fourth-order valence-corrected chi connectivity index (χ4v) is 3.11. The lowest BCUT2D eigenvalue weighted by Gasteiger charge is -2.35. The number of hydrogen-bond donors (Lipinski definition) is 1. The van der Waals surface area contributed by atoms with E-state index in [1.807, 2.05) is 18.2 Å². The molecule has 0 bridgehead atoms. The van der Waals surface area contributed by atoms with Crippen LogP contribution >= 0.6 is 0 Å². The van der Waals surface area contributed by atoms with E-state index in [0.29, 0.717) is 5.69 Å². The van der Waals surface area contributed by atoms with Gasteiger partial charge in [0.1, 0.15) is 11.4 Å². The van der Waals surface area contributed by atoms with Gasteiger partial charge in [0.25, 0.3) is 0 Å². The molecular formula is C20H22N4O. The summed E-state index contributed by atoms with van der Waals surface area (Å²) in [6.45, 7) is 5.50. The first kappa shape index (κ1) is 15.9. The van der Waals surface area contributed by atoms with Crippen LogP contribution in [-0.4, -0.2) is 52.9 Å². The number of phenolic OH excluding ortho intramolecular Hbond substituents is 1. The Bertz CT molecular complexity index is 781. The Morgan fingerprint density at radius 2 is 1.84 bits per heavy atom. The first-order valence-corrected chi connectivity index (χ1v) is 8.88. The van der Waals surface area contributed by atoms with Gasteiger partial charge in [0.2, 0.25) is 0 Å². The summed E-state index contributed by atoms with van der Waals surface area (Å²) in [5.74, 6) is 8.09. The Morgan fingerprint density at radius 3 is 2.52 bits per heavy atom. The summed E-state index contributed by atoms with van der Waals surface area (Å²) >= 11 is 0. The molecular weight excluding hydrogens is 312 g/mol. The zero-order chi connectivity index (χ0) is 17.1. The Morgan fingerprint density at radius 1 is 1.00 bits per heavy atom. The summed E-state index contributed by atoms with van der Waals surface area (Å²) in [5, 5.41) is 18.0. The van der Waals surface area contributed by atoms with E-state index in [1.54, 1.807) is 18.2 Å². The zero-order valence-corrected chi connectivity index (χ0v) is 14.2. The third kappa shape index (κ3) is 4.28. The summed E-state index contributed by atoms with van der Waals surface area (Å²) in [6.07, 6.45) is 2.83. The van der Waals surface area contributed by atoms with Crippen LogP contribution in [0, 0.1) is 17.8 Å². The van der Waals surface area contributed by atoms with Gasteiger partial charge in [-0.2, -0.15) is 0 Å². The average Bonchev–Trinajstić information content (AvgIpc) is 3.45. The number of aromatic hydroxyl groups is 1. The third-order valence-electron chi connectivity index (χ3n) is 4.74. The Kier molecular flexibility index (Phi) is 4.53. The van der Waals surface area contributed by atoms with Crippen molar-refractivity contribution in [2.24, 2.45) is 5.92 Å². The normalized spacial score (nSPS) is 17.8. The Hall–Kier alpha value is -2.58. The van der Waals surface area contributed by atoms with Gasteiger partial charge in [-0.15, -0.1) is 10.2 Å². The zero-order valence-electron chi connectivity index (χ0n) is 14.2. The van der Waals surface area contributed by atoms with Gasteiger partial charge in [-0.3, -0.25) is 4.90 Å². The minimum Gasteiger partial charge on any atom is -0.508 e. The van der Waals surface area contributed by atoms with E-state index in [9.17, 15) is 5.11 Å². The minimum atomic E-state index is 0.217. The maximum absolute atomic E-state index is 9.46. The molecule has 25 heavy (non-hydrogen) atoms. The maximum atomic E-state index is 9.46. The van der Waals surface area contributed by atoms with Crippen LogP contribution in [-0.2, 0) is 0 Å². The molecule has 1 aliphatic carbocycles. The number of aromatic nitrogens is 2. The number of nitrogens with zero attached hydrogens (tertiary/aromatic N) is 4. The van der Waals surface area contributed by atoms with E-state index in [2.05, 4.69) is 31.8 Å². The van der Waals surface area contributed by atoms with Gasteiger partial charge < -0.3 is 10.0 Å². The fraction of sp³-hybridized carbons (Fsp3) is 0.400. The number of benzene rings is 1. The number of anilines is 1. The molecule has 2 heterocycles. The van der Waals surface area contributed by atoms with Crippen LogP contribution in [0.15, 0.2) is 36.4 Å². The van der Waals surface area contributed by atoms with E-state index in [-0.39, 0.29) is 5.75 Å². The van der Waals surface area contributed by atoms with Gasteiger partial charge in [0.15, 0.2) is 5.82 Å². The molecule has 2 fully saturated rings. The predicted octanol–water partition coefficient (Wildman–Crippen LogP) is 2.11. The van der Waals surface area contributed by atoms with Crippen LogP contribution in [0.3, 0.4) is 0 Å². The number of phenols is 1. The Labute approximate surface area is 148 Å². The average molecular weight is 334 g/mol. The predicted molar refractivity (Wildman–Crippen MR) is 97.5 cm³/mol. The first-order chi connectivity index (χ1) is 12.3. The lowest BCUT2D eigenvalue weighted by Crippen LogP contribution is -2.47. The highest BCUT2D eigenvalue weighted by Gasteiger charge is 2.26. The highest BCUT2D eigenvalue weighted by atomic mass is 16.3. The van der Waals surface area contributed by atoms with Gasteiger partial charge in [-0.05, 0) is 55.0 Å². The minimum absolute atomic E-state index is 0.217. The highest BCUT2D eigenvalue weighted by Crippen LogP contribution is 2.30. The Balaban J connectivity index is 1.36. The molecule has 2 aliphatic rings. The molecule has 1 aromatic carbocycles. The largest absolute Gasteiger partial charge is 0.508 e. The van der Waals surface area contributed by atoms with Crippen molar-refractivity contribution in [1.82, 2.24) is 15.1 Å². The molecule has 0 radical (unpaired) electrons. The number of hydrogen-bond acceptors (Lipinski definition) is 5. The summed E-state index contributed by atoms with van der Waals surface area (Å²) in [7, 11) is 0. The number of piperazine rings is 1. The molecule has 1 aliphatic heterocycles. The summed E-state index contributed by atoms with van der Waals surface area (Å²) in [5.41, 5.74) is 1.40. The molecule has 2 aromatic rings. The van der Waals surface area contributed by atoms with Crippen LogP contribution in [0.4, 0.5) is 5.82 Å². The van der Waals surface area contributed by atoms with E-state index in [1.165, 1.54) is 19.4 Å². The van der Waals surface area contributed by atoms with Gasteiger partial charge in [-0.1, -0.05) is 12.0 Å². The molecule has 1 saturated heterocycles. The maximum Gasteiger partial charge on any atom is 0.151 e. The fourth-order valence-electron chi connectivity index (χ4n) is 3.11. The van der Waals surface area contributed by atoms with Gasteiger partial charge in [-0.25, -0.2) is 0 Å². The second-order valence-electron chi connectivity index (χ2n) is 6.81. The van der Waals surface area contributed by atoms with Crippen LogP contribution in [0.25, 0.3) is 0 Å². The van der Waals surface area contributed by atoms with Gasteiger partial charge >= 0.3 is 0 Å². The first-order valence-electron chi connectivity index (χ1n) is 8.88. The van der Waals surface area contributed by atoms with Crippen molar-refractivity contribution in [2.75, 3.05) is 37.6 Å². The van der Waals surface area contributed by atoms with Crippen LogP contribution in [0.2, 0.25) is 0 Å². The topological polar surface area (TPSA) is 52.5 Å². The molecule has 0 atom stereocenters. The van der Waals surface area contributed by atoms with Gasteiger partial charge in [0.05, 0.1) is 0 Å². The summed E-state index contributed by atoms with van der Waals surface area (Å²) in [6, 6.07) is 10.8. The van der Waals surface area contributed by atoms with Crippen molar-refractivity contribution >= 4 is 5.82 Å². The standard InChI is InChI=1S/C20H22N4O/c25-19-3-1-2-16(14-19)6-7-18-8-9-20(22-21-18)24-12-10-23(11-13-24)15-17-4-5-17/h1-3,8-9,14,17,25H,4-5,10-13,15H2. The van der Waals surface area contributed by atoms with Gasteiger partial charge in [0, 0.05) is 38.3 Å². The van der Waals surface area contributed by atoms with Crippen molar-refractivity contribution < 1.29 is 5.11 Å². The van der Waals surface area contributed by atoms with Crippen LogP contribution in [0.1, 0.15) is 24.1 Å². The quantitative estimate of drug-likeness (QED) is 0.872. The molecule has 5 heteroatoms. The summed E-state index contributed by atoms with van der Waals surface area (Å²) < 4.78 is 0. The lowest BCUT2D eigenvalue weighted by atomic mass is 10.2. The second-order valence-corrected chi connectivity index (χ2v) is 6.81. The van der Waals surface area contributed by atoms with E-state index >= 15 is 0 Å². The lowest BCUT2D eigenvalue weighted by molar-refractivity contribution is 0.247. The number of rotatable bonds is 3. The monoisotopic (exact) mass is 334 g/mol. The van der Waals surface area contributed by atoms with Crippen molar-refractivity contribution in [3.8, 4) is 17.6 Å². The molecule has 0 unspecified atom stereocenters. The molecule has 1 aromatic heterocycles. The van der Waals surface area contributed by atoms with Crippen molar-refractivity contribution in [1.29, 1.82) is 0 Å². The van der Waals surface area contributed by atoms with E-state index < -0.39 is 0 Å². The molecule has 1 N–H and O–H groups in total. The van der Waals surface area contributed by atoms with Crippen molar-refractivity contribution in [2.45, 2.75) is 12.8 Å². The molecule has 0 amide bonds. The van der Waals surface area contributed by atoms with Crippen molar-refractivity contribution in [3.63, 3.8) is 0 Å². The molecule has 0 spiro atoms. The van der Waals surface area contributed by atoms with Crippen LogP contribution < -0.4 is 4.90 Å². The molecule has 5 nitrogen and oxygen atoms in total. The molecule has 1 saturated carbocycles. The van der Waals surface area contributed by atoms with E-state index in [4.69, 9.17) is 0 Å². The molecule has 4 rings (SSSR count). The third-order valence-corrected chi connectivity index (χ3v) is 4.74. The second kappa shape index (κ2) is 7.12.